The van der Waals surface area contributed by atoms with E-state index >= 15 is 0 Å². The monoisotopic (exact) mass is 264 g/mol. The third kappa shape index (κ3) is 3.74. The normalized spacial score (nSPS) is 17.3. The number of carbonyl (C=O) groups excluding carboxylic acids is 1. The fourth-order valence-electron chi connectivity index (χ4n) is 2.15. The first-order valence-electron chi connectivity index (χ1n) is 6.59. The second-order valence-electron chi connectivity index (χ2n) is 4.74. The number of carbonyl (C=O) groups is 1. The van der Waals surface area contributed by atoms with Crippen LogP contribution in [0.4, 0.5) is 0 Å². The predicted molar refractivity (Wildman–Crippen MR) is 72.6 cm³/mol. The smallest absolute Gasteiger partial charge is 0.251 e. The van der Waals surface area contributed by atoms with Crippen LogP contribution < -0.4 is 11.5 Å². The molecular weight excluding hydrogens is 244 g/mol. The van der Waals surface area contributed by atoms with Crippen molar-refractivity contribution < 1.29 is 9.21 Å². The second kappa shape index (κ2) is 6.26. The summed E-state index contributed by atoms with van der Waals surface area (Å²) in [6, 6.07) is 1.60. The SMILES string of the molecule is NC(=O)c1coc(CN=C(N)N2CCCCCC2)c1. The Bertz CT molecular complexity index is 459. The van der Waals surface area contributed by atoms with Crippen LogP contribution in [-0.2, 0) is 6.54 Å². The molecule has 1 aliphatic heterocycles. The first-order valence-corrected chi connectivity index (χ1v) is 6.59. The van der Waals surface area contributed by atoms with E-state index in [1.165, 1.54) is 19.1 Å². The molecule has 1 fully saturated rings. The summed E-state index contributed by atoms with van der Waals surface area (Å²) in [4.78, 5) is 17.3. The fraction of sp³-hybridized carbons (Fsp3) is 0.538. The van der Waals surface area contributed by atoms with Gasteiger partial charge in [0.15, 0.2) is 5.96 Å². The Morgan fingerprint density at radius 3 is 2.53 bits per heavy atom. The van der Waals surface area contributed by atoms with Crippen LogP contribution in [0.5, 0.6) is 0 Å². The zero-order valence-corrected chi connectivity index (χ0v) is 11.0. The summed E-state index contributed by atoms with van der Waals surface area (Å²) in [5.74, 6) is 0.630. The van der Waals surface area contributed by atoms with E-state index in [0.717, 1.165) is 25.9 Å². The van der Waals surface area contributed by atoms with Gasteiger partial charge in [-0.05, 0) is 18.9 Å². The van der Waals surface area contributed by atoms with Gasteiger partial charge in [-0.25, -0.2) is 4.99 Å². The zero-order chi connectivity index (χ0) is 13.7. The molecule has 2 heterocycles. The van der Waals surface area contributed by atoms with Crippen LogP contribution >= 0.6 is 0 Å². The van der Waals surface area contributed by atoms with Crippen molar-refractivity contribution >= 4 is 11.9 Å². The van der Waals surface area contributed by atoms with Gasteiger partial charge in [-0.3, -0.25) is 4.79 Å². The highest BCUT2D eigenvalue weighted by molar-refractivity contribution is 5.92. The number of furan rings is 1. The van der Waals surface area contributed by atoms with Gasteiger partial charge >= 0.3 is 0 Å². The summed E-state index contributed by atoms with van der Waals surface area (Å²) in [5, 5.41) is 0. The van der Waals surface area contributed by atoms with Crippen molar-refractivity contribution in [3.63, 3.8) is 0 Å². The van der Waals surface area contributed by atoms with Crippen LogP contribution in [0.15, 0.2) is 21.7 Å². The number of nitrogens with two attached hydrogens (primary N) is 2. The number of likely N-dealkylation sites (tertiary alicyclic amines) is 1. The van der Waals surface area contributed by atoms with Gasteiger partial charge in [0.05, 0.1) is 5.56 Å². The molecule has 19 heavy (non-hydrogen) atoms. The number of amides is 1. The first-order chi connectivity index (χ1) is 9.16. The Morgan fingerprint density at radius 1 is 1.26 bits per heavy atom. The van der Waals surface area contributed by atoms with Crippen molar-refractivity contribution in [3.8, 4) is 0 Å². The minimum atomic E-state index is -0.500. The average Bonchev–Trinajstić information content (AvgIpc) is 2.70. The molecule has 0 atom stereocenters. The van der Waals surface area contributed by atoms with E-state index in [1.807, 2.05) is 0 Å². The zero-order valence-electron chi connectivity index (χ0n) is 11.0. The lowest BCUT2D eigenvalue weighted by Crippen LogP contribution is -2.38. The van der Waals surface area contributed by atoms with Crippen LogP contribution in [0.1, 0.15) is 41.8 Å². The van der Waals surface area contributed by atoms with E-state index in [4.69, 9.17) is 15.9 Å². The molecule has 0 radical (unpaired) electrons. The van der Waals surface area contributed by atoms with Crippen LogP contribution in [0.2, 0.25) is 0 Å². The molecule has 104 valence electrons. The van der Waals surface area contributed by atoms with Gasteiger partial charge in [0.1, 0.15) is 18.6 Å². The number of guanidine groups is 1. The van der Waals surface area contributed by atoms with Crippen LogP contribution in [-0.4, -0.2) is 29.9 Å². The molecule has 0 spiro atoms. The number of rotatable bonds is 3. The van der Waals surface area contributed by atoms with Gasteiger partial charge in [0.2, 0.25) is 0 Å². The molecule has 1 saturated heterocycles. The third-order valence-corrected chi connectivity index (χ3v) is 3.27. The highest BCUT2D eigenvalue weighted by Crippen LogP contribution is 2.11. The van der Waals surface area contributed by atoms with Crippen LogP contribution in [0.3, 0.4) is 0 Å². The number of nitrogens with zero attached hydrogens (tertiary/aromatic N) is 2. The van der Waals surface area contributed by atoms with Gasteiger partial charge in [-0.1, -0.05) is 12.8 Å². The molecule has 4 N–H and O–H groups in total. The lowest BCUT2D eigenvalue weighted by atomic mass is 10.2. The molecule has 1 aromatic rings. The van der Waals surface area contributed by atoms with E-state index in [2.05, 4.69) is 9.89 Å². The van der Waals surface area contributed by atoms with Gasteiger partial charge in [-0.15, -0.1) is 0 Å². The predicted octanol–water partition coefficient (Wildman–Crippen LogP) is 1.07. The van der Waals surface area contributed by atoms with E-state index in [1.54, 1.807) is 6.07 Å². The molecule has 6 nitrogen and oxygen atoms in total. The summed E-state index contributed by atoms with van der Waals surface area (Å²) >= 11 is 0. The second-order valence-corrected chi connectivity index (χ2v) is 4.74. The van der Waals surface area contributed by atoms with Gasteiger partial charge in [0.25, 0.3) is 5.91 Å². The van der Waals surface area contributed by atoms with Crippen molar-refractivity contribution in [2.45, 2.75) is 32.2 Å². The van der Waals surface area contributed by atoms with Crippen molar-refractivity contribution in [3.05, 3.63) is 23.7 Å². The van der Waals surface area contributed by atoms with Gasteiger partial charge < -0.3 is 20.8 Å². The number of hydrogen-bond donors (Lipinski definition) is 2. The molecule has 6 heteroatoms. The summed E-state index contributed by atoms with van der Waals surface area (Å²) in [7, 11) is 0. The highest BCUT2D eigenvalue weighted by Gasteiger charge is 2.11. The average molecular weight is 264 g/mol. The summed E-state index contributed by atoms with van der Waals surface area (Å²) < 4.78 is 5.21. The minimum Gasteiger partial charge on any atom is -0.467 e. The Labute approximate surface area is 112 Å². The fourth-order valence-corrected chi connectivity index (χ4v) is 2.15. The largest absolute Gasteiger partial charge is 0.467 e. The molecule has 0 aromatic carbocycles. The summed E-state index contributed by atoms with van der Waals surface area (Å²) in [5.41, 5.74) is 11.5. The topological polar surface area (TPSA) is 97.8 Å². The first kappa shape index (κ1) is 13.5. The lowest BCUT2D eigenvalue weighted by molar-refractivity contribution is 0.0999. The molecule has 1 aliphatic rings. The maximum Gasteiger partial charge on any atom is 0.251 e. The molecule has 0 aliphatic carbocycles. The Hall–Kier alpha value is -1.98. The summed E-state index contributed by atoms with van der Waals surface area (Å²) in [6.07, 6.45) is 6.16. The number of hydrogen-bond acceptors (Lipinski definition) is 3. The maximum absolute atomic E-state index is 10.9. The molecule has 0 bridgehead atoms. The maximum atomic E-state index is 10.9. The van der Waals surface area contributed by atoms with Crippen molar-refractivity contribution in [2.24, 2.45) is 16.5 Å². The summed E-state index contributed by atoms with van der Waals surface area (Å²) in [6.45, 7) is 2.25. The van der Waals surface area contributed by atoms with Gasteiger partial charge in [-0.2, -0.15) is 0 Å². The molecular formula is C13H20N4O2. The van der Waals surface area contributed by atoms with Gasteiger partial charge in [0, 0.05) is 13.1 Å². The van der Waals surface area contributed by atoms with Crippen LogP contribution in [0.25, 0.3) is 0 Å². The van der Waals surface area contributed by atoms with Crippen LogP contribution in [0, 0.1) is 0 Å². The van der Waals surface area contributed by atoms with E-state index < -0.39 is 5.91 Å². The standard InChI is InChI=1S/C13H20N4O2/c14-12(18)10-7-11(19-9-10)8-16-13(15)17-5-3-1-2-4-6-17/h7,9H,1-6,8H2,(H2,14,18)(H2,15,16). The van der Waals surface area contributed by atoms with E-state index in [9.17, 15) is 4.79 Å². The number of primary amides is 1. The lowest BCUT2D eigenvalue weighted by Gasteiger charge is -2.20. The van der Waals surface area contributed by atoms with Crippen molar-refractivity contribution in [1.82, 2.24) is 4.90 Å². The van der Waals surface area contributed by atoms with Crippen molar-refractivity contribution in [2.75, 3.05) is 13.1 Å². The highest BCUT2D eigenvalue weighted by atomic mass is 16.3. The Balaban J connectivity index is 1.94. The minimum absolute atomic E-state index is 0.329. The third-order valence-electron chi connectivity index (χ3n) is 3.27. The molecule has 1 aromatic heterocycles. The Kier molecular flexibility index (Phi) is 4.43. The quantitative estimate of drug-likeness (QED) is 0.630. The van der Waals surface area contributed by atoms with Crippen molar-refractivity contribution in [1.29, 1.82) is 0 Å². The van der Waals surface area contributed by atoms with E-state index in [0.29, 0.717) is 23.8 Å². The molecule has 0 unspecified atom stereocenters. The molecule has 2 rings (SSSR count). The molecule has 0 saturated carbocycles. The number of aliphatic imine (C=N–C) groups is 1. The molecule has 1 amide bonds. The Morgan fingerprint density at radius 2 is 1.95 bits per heavy atom. The van der Waals surface area contributed by atoms with E-state index in [-0.39, 0.29) is 0 Å².